The molecule has 2 rings (SSSR count). The van der Waals surface area contributed by atoms with Gasteiger partial charge in [0, 0.05) is 0 Å². The first-order valence-corrected chi connectivity index (χ1v) is 6.68. The minimum atomic E-state index is -0.109. The highest BCUT2D eigenvalue weighted by Gasteiger charge is 2.32. The molecular weight excluding hydrogens is 208 g/mol. The van der Waals surface area contributed by atoms with Crippen LogP contribution in [-0.4, -0.2) is 11.2 Å². The van der Waals surface area contributed by atoms with E-state index in [1.165, 1.54) is 11.1 Å². The summed E-state index contributed by atoms with van der Waals surface area (Å²) in [5.74, 6) is 0.939. The van der Waals surface area contributed by atoms with Crippen LogP contribution >= 0.6 is 0 Å². The van der Waals surface area contributed by atoms with Crippen molar-refractivity contribution in [1.82, 2.24) is 0 Å². The highest BCUT2D eigenvalue weighted by atomic mass is 16.3. The van der Waals surface area contributed by atoms with Crippen LogP contribution in [0.3, 0.4) is 0 Å². The van der Waals surface area contributed by atoms with Crippen LogP contribution in [0.15, 0.2) is 24.3 Å². The molecule has 1 nitrogen and oxygen atoms in total. The zero-order valence-electron chi connectivity index (χ0n) is 11.4. The SMILES string of the molecule is C[C@H]1[C@@H](O)CC[C@H]1c1ccc(C(C)(C)C)cc1. The molecule has 0 radical (unpaired) electrons. The van der Waals surface area contributed by atoms with Gasteiger partial charge >= 0.3 is 0 Å². The van der Waals surface area contributed by atoms with Gasteiger partial charge in [-0.1, -0.05) is 52.0 Å². The van der Waals surface area contributed by atoms with E-state index in [-0.39, 0.29) is 11.5 Å². The number of benzene rings is 1. The number of hydrogen-bond donors (Lipinski definition) is 1. The number of rotatable bonds is 1. The van der Waals surface area contributed by atoms with Gasteiger partial charge < -0.3 is 5.11 Å². The molecule has 0 aliphatic heterocycles. The molecule has 0 heterocycles. The Balaban J connectivity index is 2.19. The van der Waals surface area contributed by atoms with Crippen LogP contribution in [0.2, 0.25) is 0 Å². The van der Waals surface area contributed by atoms with E-state index in [1.807, 2.05) is 0 Å². The average molecular weight is 232 g/mol. The molecule has 0 saturated heterocycles. The quantitative estimate of drug-likeness (QED) is 0.779. The van der Waals surface area contributed by atoms with Crippen molar-refractivity contribution >= 4 is 0 Å². The van der Waals surface area contributed by atoms with Gasteiger partial charge in [0.2, 0.25) is 0 Å². The van der Waals surface area contributed by atoms with Crippen molar-refractivity contribution in [3.63, 3.8) is 0 Å². The van der Waals surface area contributed by atoms with E-state index in [1.54, 1.807) is 0 Å². The molecule has 0 bridgehead atoms. The third kappa shape index (κ3) is 2.55. The largest absolute Gasteiger partial charge is 0.393 e. The predicted molar refractivity (Wildman–Crippen MR) is 72.3 cm³/mol. The van der Waals surface area contributed by atoms with Crippen molar-refractivity contribution in [2.24, 2.45) is 5.92 Å². The van der Waals surface area contributed by atoms with Gasteiger partial charge in [-0.15, -0.1) is 0 Å². The first kappa shape index (κ1) is 12.6. The molecule has 1 N–H and O–H groups in total. The van der Waals surface area contributed by atoms with Crippen molar-refractivity contribution in [3.8, 4) is 0 Å². The second-order valence-electron chi connectivity index (χ2n) is 6.48. The van der Waals surface area contributed by atoms with E-state index in [0.29, 0.717) is 11.8 Å². The maximum absolute atomic E-state index is 9.81. The number of aliphatic hydroxyl groups is 1. The van der Waals surface area contributed by atoms with Crippen molar-refractivity contribution in [2.45, 2.75) is 58.0 Å². The summed E-state index contributed by atoms with van der Waals surface area (Å²) >= 11 is 0. The van der Waals surface area contributed by atoms with Crippen LogP contribution in [0.4, 0.5) is 0 Å². The van der Waals surface area contributed by atoms with Gasteiger partial charge in [0.05, 0.1) is 6.10 Å². The highest BCUT2D eigenvalue weighted by Crippen LogP contribution is 2.39. The monoisotopic (exact) mass is 232 g/mol. The fourth-order valence-electron chi connectivity index (χ4n) is 2.84. The molecule has 1 aliphatic carbocycles. The maximum atomic E-state index is 9.81. The van der Waals surface area contributed by atoms with Crippen molar-refractivity contribution in [2.75, 3.05) is 0 Å². The third-order valence-corrected chi connectivity index (χ3v) is 4.22. The molecule has 0 spiro atoms. The van der Waals surface area contributed by atoms with Crippen LogP contribution in [0.1, 0.15) is 57.6 Å². The molecule has 1 fully saturated rings. The van der Waals surface area contributed by atoms with Crippen LogP contribution in [0.25, 0.3) is 0 Å². The molecule has 94 valence electrons. The Bertz CT molecular complexity index is 372. The lowest BCUT2D eigenvalue weighted by molar-refractivity contribution is 0.136. The predicted octanol–water partition coefficient (Wildman–Crippen LogP) is 3.86. The minimum Gasteiger partial charge on any atom is -0.393 e. The summed E-state index contributed by atoms with van der Waals surface area (Å²) in [6.07, 6.45) is 1.96. The van der Waals surface area contributed by atoms with Crippen LogP contribution < -0.4 is 0 Å². The standard InChI is InChI=1S/C16H24O/c1-11-14(9-10-15(11)17)12-5-7-13(8-6-12)16(2,3)4/h5-8,11,14-15,17H,9-10H2,1-4H3/t11-,14-,15+/m1/s1. The summed E-state index contributed by atoms with van der Waals surface area (Å²) in [6, 6.07) is 8.99. The normalized spacial score (nSPS) is 29.6. The minimum absolute atomic E-state index is 0.109. The molecule has 1 heteroatoms. The van der Waals surface area contributed by atoms with Crippen molar-refractivity contribution in [3.05, 3.63) is 35.4 Å². The van der Waals surface area contributed by atoms with Gasteiger partial charge in [-0.3, -0.25) is 0 Å². The molecule has 0 aromatic heterocycles. The summed E-state index contributed by atoms with van der Waals surface area (Å²) in [5.41, 5.74) is 2.99. The molecule has 1 aromatic rings. The molecule has 1 aromatic carbocycles. The van der Waals surface area contributed by atoms with Gasteiger partial charge in [0.25, 0.3) is 0 Å². The van der Waals surface area contributed by atoms with Gasteiger partial charge in [-0.25, -0.2) is 0 Å². The summed E-state index contributed by atoms with van der Waals surface area (Å²) in [5, 5.41) is 9.81. The fourth-order valence-corrected chi connectivity index (χ4v) is 2.84. The van der Waals surface area contributed by atoms with E-state index < -0.39 is 0 Å². The Labute approximate surface area is 105 Å². The smallest absolute Gasteiger partial charge is 0.0571 e. The van der Waals surface area contributed by atoms with Gasteiger partial charge in [0.15, 0.2) is 0 Å². The van der Waals surface area contributed by atoms with E-state index in [0.717, 1.165) is 12.8 Å². The fraction of sp³-hybridized carbons (Fsp3) is 0.625. The summed E-state index contributed by atoms with van der Waals surface area (Å²) in [6.45, 7) is 8.89. The Kier molecular flexibility index (Phi) is 3.31. The lowest BCUT2D eigenvalue weighted by Crippen LogP contribution is -2.15. The van der Waals surface area contributed by atoms with E-state index in [9.17, 15) is 5.11 Å². The lowest BCUT2D eigenvalue weighted by Gasteiger charge is -2.22. The molecular formula is C16H24O. The topological polar surface area (TPSA) is 20.2 Å². The van der Waals surface area contributed by atoms with Crippen LogP contribution in [0.5, 0.6) is 0 Å². The molecule has 1 saturated carbocycles. The van der Waals surface area contributed by atoms with Crippen LogP contribution in [-0.2, 0) is 5.41 Å². The van der Waals surface area contributed by atoms with E-state index in [2.05, 4.69) is 52.0 Å². The number of aliphatic hydroxyl groups excluding tert-OH is 1. The average Bonchev–Trinajstić information content (AvgIpc) is 2.59. The molecule has 3 atom stereocenters. The first-order chi connectivity index (χ1) is 7.89. The zero-order valence-corrected chi connectivity index (χ0v) is 11.4. The first-order valence-electron chi connectivity index (χ1n) is 6.68. The van der Waals surface area contributed by atoms with E-state index in [4.69, 9.17) is 0 Å². The molecule has 0 unspecified atom stereocenters. The maximum Gasteiger partial charge on any atom is 0.0571 e. The number of hydrogen-bond acceptors (Lipinski definition) is 1. The van der Waals surface area contributed by atoms with Gasteiger partial charge in [-0.2, -0.15) is 0 Å². The molecule has 17 heavy (non-hydrogen) atoms. The second-order valence-corrected chi connectivity index (χ2v) is 6.48. The van der Waals surface area contributed by atoms with Gasteiger partial charge in [-0.05, 0) is 41.2 Å². The Hall–Kier alpha value is -0.820. The Morgan fingerprint density at radius 1 is 1.06 bits per heavy atom. The lowest BCUT2D eigenvalue weighted by atomic mass is 9.84. The molecule has 0 amide bonds. The van der Waals surface area contributed by atoms with Gasteiger partial charge in [0.1, 0.15) is 0 Å². The Morgan fingerprint density at radius 2 is 1.65 bits per heavy atom. The second kappa shape index (κ2) is 4.45. The zero-order chi connectivity index (χ0) is 12.6. The third-order valence-electron chi connectivity index (χ3n) is 4.22. The summed E-state index contributed by atoms with van der Waals surface area (Å²) in [4.78, 5) is 0. The molecule has 1 aliphatic rings. The summed E-state index contributed by atoms with van der Waals surface area (Å²) < 4.78 is 0. The van der Waals surface area contributed by atoms with Crippen molar-refractivity contribution in [1.29, 1.82) is 0 Å². The summed E-state index contributed by atoms with van der Waals surface area (Å²) in [7, 11) is 0. The van der Waals surface area contributed by atoms with Crippen LogP contribution in [0, 0.1) is 5.92 Å². The highest BCUT2D eigenvalue weighted by molar-refractivity contribution is 5.30. The Morgan fingerprint density at radius 3 is 2.06 bits per heavy atom. The van der Waals surface area contributed by atoms with Crippen molar-refractivity contribution < 1.29 is 5.11 Å². The van der Waals surface area contributed by atoms with E-state index >= 15 is 0 Å².